The topological polar surface area (TPSA) is 102 Å². The molecule has 0 atom stereocenters. The van der Waals surface area contributed by atoms with Gasteiger partial charge >= 0.3 is 6.09 Å². The number of carbonyl (C=O) groups excluding carboxylic acids is 1. The maximum Gasteiger partial charge on any atom is 0.410 e. The molecule has 0 saturated carbocycles. The number of aromatic nitrogens is 2. The van der Waals surface area contributed by atoms with E-state index in [1.165, 1.54) is 0 Å². The van der Waals surface area contributed by atoms with E-state index in [0.29, 0.717) is 36.6 Å². The van der Waals surface area contributed by atoms with Gasteiger partial charge in [0.15, 0.2) is 5.82 Å². The van der Waals surface area contributed by atoms with E-state index in [0.717, 1.165) is 11.1 Å². The zero-order valence-electron chi connectivity index (χ0n) is 15.8. The first kappa shape index (κ1) is 18.7. The average molecular weight is 368 g/mol. The molecule has 0 radical (unpaired) electrons. The van der Waals surface area contributed by atoms with Crippen molar-refractivity contribution >= 4 is 17.5 Å². The Balaban J connectivity index is 1.82. The van der Waals surface area contributed by atoms with Crippen molar-refractivity contribution in [2.75, 3.05) is 18.8 Å². The Kier molecular flexibility index (Phi) is 5.03. The Morgan fingerprint density at radius 1 is 1.22 bits per heavy atom. The molecular weight excluding hydrogens is 344 g/mol. The van der Waals surface area contributed by atoms with Crippen LogP contribution in [0.15, 0.2) is 36.4 Å². The molecule has 1 aliphatic rings. The van der Waals surface area contributed by atoms with Gasteiger partial charge in [-0.15, -0.1) is 10.2 Å². The first-order valence-corrected chi connectivity index (χ1v) is 8.83. The standard InChI is InChI=1S/C20H24N4O3/c1-20(2,3)27-19(26)24-10-8-13(9-11-24)15-12-16(22-23-18(15)21)14-6-4-5-7-17(14)25/h4-8,12,25H,9-11H2,1-3H3,(H2,21,23). The van der Waals surface area contributed by atoms with E-state index in [1.807, 2.05) is 39.0 Å². The Morgan fingerprint density at radius 2 is 1.96 bits per heavy atom. The first-order chi connectivity index (χ1) is 12.7. The number of phenolic OH excluding ortho intramolecular Hbond substituents is 1. The van der Waals surface area contributed by atoms with Crippen LogP contribution in [0.4, 0.5) is 10.6 Å². The quantitative estimate of drug-likeness (QED) is 0.842. The minimum Gasteiger partial charge on any atom is -0.507 e. The van der Waals surface area contributed by atoms with Gasteiger partial charge in [0, 0.05) is 24.2 Å². The lowest BCUT2D eigenvalue weighted by Gasteiger charge is -2.29. The fourth-order valence-electron chi connectivity index (χ4n) is 2.89. The third-order valence-corrected chi connectivity index (χ3v) is 4.21. The predicted octanol–water partition coefficient (Wildman–Crippen LogP) is 3.46. The van der Waals surface area contributed by atoms with Crippen molar-refractivity contribution < 1.29 is 14.6 Å². The van der Waals surface area contributed by atoms with Crippen molar-refractivity contribution in [3.63, 3.8) is 0 Å². The van der Waals surface area contributed by atoms with Gasteiger partial charge in [-0.2, -0.15) is 0 Å². The van der Waals surface area contributed by atoms with Crippen LogP contribution in [0.25, 0.3) is 16.8 Å². The van der Waals surface area contributed by atoms with E-state index >= 15 is 0 Å². The molecule has 7 nitrogen and oxygen atoms in total. The summed E-state index contributed by atoms with van der Waals surface area (Å²) in [6, 6.07) is 8.78. The number of ether oxygens (including phenoxy) is 1. The summed E-state index contributed by atoms with van der Waals surface area (Å²) >= 11 is 0. The maximum atomic E-state index is 12.2. The zero-order chi connectivity index (χ0) is 19.6. The second-order valence-electron chi connectivity index (χ2n) is 7.45. The lowest BCUT2D eigenvalue weighted by molar-refractivity contribution is 0.0270. The van der Waals surface area contributed by atoms with Crippen LogP contribution in [0, 0.1) is 0 Å². The number of rotatable bonds is 2. The number of phenols is 1. The summed E-state index contributed by atoms with van der Waals surface area (Å²) in [4.78, 5) is 13.9. The van der Waals surface area contributed by atoms with Crippen LogP contribution in [0.2, 0.25) is 0 Å². The summed E-state index contributed by atoms with van der Waals surface area (Å²) in [5.74, 6) is 0.461. The number of benzene rings is 1. The summed E-state index contributed by atoms with van der Waals surface area (Å²) in [5, 5.41) is 18.2. The molecule has 142 valence electrons. The lowest BCUT2D eigenvalue weighted by Crippen LogP contribution is -2.39. The molecule has 0 aliphatic carbocycles. The molecule has 7 heteroatoms. The van der Waals surface area contributed by atoms with Gasteiger partial charge in [-0.3, -0.25) is 0 Å². The van der Waals surface area contributed by atoms with Crippen LogP contribution in [-0.2, 0) is 4.74 Å². The largest absolute Gasteiger partial charge is 0.507 e. The van der Waals surface area contributed by atoms with Crippen molar-refractivity contribution in [2.24, 2.45) is 0 Å². The average Bonchev–Trinajstić information content (AvgIpc) is 2.61. The molecule has 1 aromatic heterocycles. The van der Waals surface area contributed by atoms with Crippen LogP contribution >= 0.6 is 0 Å². The molecule has 27 heavy (non-hydrogen) atoms. The van der Waals surface area contributed by atoms with Gasteiger partial charge < -0.3 is 20.5 Å². The van der Waals surface area contributed by atoms with Crippen LogP contribution in [0.3, 0.4) is 0 Å². The number of nitrogen functional groups attached to an aromatic ring is 1. The van der Waals surface area contributed by atoms with Crippen molar-refractivity contribution in [1.82, 2.24) is 15.1 Å². The van der Waals surface area contributed by atoms with E-state index < -0.39 is 5.60 Å². The zero-order valence-corrected chi connectivity index (χ0v) is 15.8. The second-order valence-corrected chi connectivity index (χ2v) is 7.45. The summed E-state index contributed by atoms with van der Waals surface area (Å²) in [6.45, 7) is 6.52. The number of nitrogens with two attached hydrogens (primary N) is 1. The number of hydrogen-bond donors (Lipinski definition) is 2. The molecule has 0 saturated heterocycles. The van der Waals surface area contributed by atoms with Gasteiger partial charge in [0.25, 0.3) is 0 Å². The number of amides is 1. The summed E-state index contributed by atoms with van der Waals surface area (Å²) < 4.78 is 5.41. The van der Waals surface area contributed by atoms with E-state index in [-0.39, 0.29) is 11.8 Å². The minimum atomic E-state index is -0.521. The van der Waals surface area contributed by atoms with Crippen LogP contribution in [0.5, 0.6) is 5.75 Å². The van der Waals surface area contributed by atoms with Gasteiger partial charge in [-0.05, 0) is 51.0 Å². The van der Waals surface area contributed by atoms with E-state index in [9.17, 15) is 9.90 Å². The molecular formula is C20H24N4O3. The molecule has 1 amide bonds. The molecule has 1 aliphatic heterocycles. The van der Waals surface area contributed by atoms with Gasteiger partial charge in [-0.25, -0.2) is 4.79 Å². The SMILES string of the molecule is CC(C)(C)OC(=O)N1CC=C(c2cc(-c3ccccc3O)nnc2N)CC1. The van der Waals surface area contributed by atoms with Crippen molar-refractivity contribution in [3.05, 3.63) is 42.0 Å². The maximum absolute atomic E-state index is 12.2. The number of anilines is 1. The number of hydrogen-bond acceptors (Lipinski definition) is 6. The van der Waals surface area contributed by atoms with Crippen molar-refractivity contribution in [1.29, 1.82) is 0 Å². The second kappa shape index (κ2) is 7.26. The molecule has 0 fully saturated rings. The summed E-state index contributed by atoms with van der Waals surface area (Å²) in [7, 11) is 0. The van der Waals surface area contributed by atoms with Gasteiger partial charge in [0.05, 0.1) is 5.69 Å². The molecule has 2 aromatic rings. The Labute approximate surface area is 158 Å². The highest BCUT2D eigenvalue weighted by molar-refractivity contribution is 5.79. The molecule has 0 unspecified atom stereocenters. The van der Waals surface area contributed by atoms with Crippen molar-refractivity contribution in [2.45, 2.75) is 32.8 Å². The van der Waals surface area contributed by atoms with Crippen LogP contribution in [-0.4, -0.2) is 45.0 Å². The summed E-state index contributed by atoms with van der Waals surface area (Å²) in [5.41, 5.74) is 8.42. The highest BCUT2D eigenvalue weighted by atomic mass is 16.6. The fraction of sp³-hybridized carbons (Fsp3) is 0.350. The first-order valence-electron chi connectivity index (χ1n) is 8.83. The summed E-state index contributed by atoms with van der Waals surface area (Å²) in [6.07, 6.45) is 2.26. The normalized spacial score (nSPS) is 14.6. The minimum absolute atomic E-state index is 0.135. The molecule has 1 aromatic carbocycles. The third kappa shape index (κ3) is 4.36. The molecule has 0 bridgehead atoms. The van der Waals surface area contributed by atoms with E-state index in [4.69, 9.17) is 10.5 Å². The predicted molar refractivity (Wildman–Crippen MR) is 104 cm³/mol. The molecule has 3 rings (SSSR count). The highest BCUT2D eigenvalue weighted by Gasteiger charge is 2.24. The van der Waals surface area contributed by atoms with Crippen molar-refractivity contribution in [3.8, 4) is 17.0 Å². The lowest BCUT2D eigenvalue weighted by atomic mass is 9.98. The molecule has 0 spiro atoms. The van der Waals surface area contributed by atoms with Crippen LogP contribution in [0.1, 0.15) is 32.8 Å². The Bertz CT molecular complexity index is 887. The number of carbonyl (C=O) groups is 1. The number of para-hydroxylation sites is 1. The molecule has 3 N–H and O–H groups in total. The Hall–Kier alpha value is -3.09. The monoisotopic (exact) mass is 368 g/mol. The number of aromatic hydroxyl groups is 1. The van der Waals surface area contributed by atoms with Gasteiger partial charge in [0.2, 0.25) is 0 Å². The molecule has 2 heterocycles. The van der Waals surface area contributed by atoms with E-state index in [2.05, 4.69) is 10.2 Å². The Morgan fingerprint density at radius 3 is 2.59 bits per heavy atom. The van der Waals surface area contributed by atoms with E-state index in [1.54, 1.807) is 23.1 Å². The van der Waals surface area contributed by atoms with Gasteiger partial charge in [0.1, 0.15) is 11.4 Å². The van der Waals surface area contributed by atoms with Gasteiger partial charge in [-0.1, -0.05) is 18.2 Å². The van der Waals surface area contributed by atoms with Crippen LogP contribution < -0.4 is 5.73 Å². The number of nitrogens with zero attached hydrogens (tertiary/aromatic N) is 3. The smallest absolute Gasteiger partial charge is 0.410 e. The highest BCUT2D eigenvalue weighted by Crippen LogP contribution is 2.32. The third-order valence-electron chi connectivity index (χ3n) is 4.21. The fourth-order valence-corrected chi connectivity index (χ4v) is 2.89.